The molecule has 6 heteroatoms. The van der Waals surface area contributed by atoms with Gasteiger partial charge in [0, 0.05) is 13.6 Å². The number of para-hydroxylation sites is 1. The Morgan fingerprint density at radius 2 is 2.39 bits per heavy atom. The second-order valence-corrected chi connectivity index (χ2v) is 4.39. The highest BCUT2D eigenvalue weighted by molar-refractivity contribution is 6.18. The molecule has 1 heterocycles. The number of anilines is 2. The van der Waals surface area contributed by atoms with Crippen LogP contribution in [-0.4, -0.2) is 43.2 Å². The molecule has 0 saturated heterocycles. The fraction of sp³-hybridized carbons (Fsp3) is 0.417. The summed E-state index contributed by atoms with van der Waals surface area (Å²) in [5.74, 6) is 0.713. The molecule has 2 rings (SSSR count). The van der Waals surface area contributed by atoms with Crippen LogP contribution in [0.15, 0.2) is 18.2 Å². The Kier molecular flexibility index (Phi) is 3.93. The first kappa shape index (κ1) is 13.0. The lowest BCUT2D eigenvalue weighted by Crippen LogP contribution is -2.36. The molecule has 1 unspecified atom stereocenters. The van der Waals surface area contributed by atoms with E-state index in [1.165, 1.54) is 0 Å². The summed E-state index contributed by atoms with van der Waals surface area (Å²) >= 11 is 5.53. The summed E-state index contributed by atoms with van der Waals surface area (Å²) in [6, 6.07) is 5.47. The monoisotopic (exact) mass is 270 g/mol. The number of amides is 1. The van der Waals surface area contributed by atoms with Crippen molar-refractivity contribution in [1.29, 1.82) is 0 Å². The van der Waals surface area contributed by atoms with Gasteiger partial charge in [-0.2, -0.15) is 0 Å². The topological polar surface area (TPSA) is 61.8 Å². The van der Waals surface area contributed by atoms with Gasteiger partial charge < -0.3 is 20.1 Å². The van der Waals surface area contributed by atoms with E-state index in [-0.39, 0.29) is 18.4 Å². The molecule has 1 amide bonds. The molecule has 0 aromatic heterocycles. The van der Waals surface area contributed by atoms with Gasteiger partial charge in [0.1, 0.15) is 11.4 Å². The average Bonchev–Trinajstić information content (AvgIpc) is 2.40. The maximum absolute atomic E-state index is 11.6. The van der Waals surface area contributed by atoms with E-state index in [4.69, 9.17) is 16.3 Å². The number of carbonyl (C=O) groups is 1. The molecule has 0 spiro atoms. The molecule has 0 radical (unpaired) electrons. The first-order valence-electron chi connectivity index (χ1n) is 5.63. The molecule has 98 valence electrons. The summed E-state index contributed by atoms with van der Waals surface area (Å²) in [5.41, 5.74) is 1.43. The fourth-order valence-electron chi connectivity index (χ4n) is 1.77. The number of aliphatic hydroxyl groups excluding tert-OH is 1. The van der Waals surface area contributed by atoms with Crippen LogP contribution in [0, 0.1) is 0 Å². The number of nitrogens with one attached hydrogen (secondary N) is 1. The molecule has 1 aliphatic heterocycles. The maximum atomic E-state index is 11.6. The van der Waals surface area contributed by atoms with E-state index < -0.39 is 6.10 Å². The number of carbonyl (C=O) groups excluding carboxylic acids is 1. The molecule has 0 saturated carbocycles. The zero-order valence-corrected chi connectivity index (χ0v) is 10.8. The zero-order valence-electron chi connectivity index (χ0n) is 10.0. The minimum atomic E-state index is -0.631. The third-order valence-corrected chi connectivity index (χ3v) is 3.12. The predicted octanol–water partition coefficient (Wildman–Crippen LogP) is 1.05. The molecule has 1 atom stereocenters. The quantitative estimate of drug-likeness (QED) is 0.803. The molecule has 1 aromatic rings. The predicted molar refractivity (Wildman–Crippen MR) is 70.6 cm³/mol. The number of hydrogen-bond donors (Lipinski definition) is 2. The van der Waals surface area contributed by atoms with Crippen molar-refractivity contribution in [2.24, 2.45) is 0 Å². The van der Waals surface area contributed by atoms with Crippen molar-refractivity contribution >= 4 is 28.9 Å². The van der Waals surface area contributed by atoms with Crippen LogP contribution in [0.5, 0.6) is 5.75 Å². The van der Waals surface area contributed by atoms with Crippen molar-refractivity contribution < 1.29 is 14.6 Å². The van der Waals surface area contributed by atoms with Crippen molar-refractivity contribution in [3.8, 4) is 5.75 Å². The van der Waals surface area contributed by atoms with Gasteiger partial charge in [-0.05, 0) is 12.1 Å². The summed E-state index contributed by atoms with van der Waals surface area (Å²) in [5, 5.41) is 12.5. The van der Waals surface area contributed by atoms with Crippen molar-refractivity contribution in [3.05, 3.63) is 18.2 Å². The van der Waals surface area contributed by atoms with Crippen LogP contribution in [0.2, 0.25) is 0 Å². The normalized spacial score (nSPS) is 15.9. The second kappa shape index (κ2) is 5.46. The molecular weight excluding hydrogens is 256 g/mol. The van der Waals surface area contributed by atoms with E-state index >= 15 is 0 Å². The Morgan fingerprint density at radius 1 is 1.61 bits per heavy atom. The molecule has 5 nitrogen and oxygen atoms in total. The lowest BCUT2D eigenvalue weighted by atomic mass is 10.2. The smallest absolute Gasteiger partial charge is 0.264 e. The average molecular weight is 271 g/mol. The highest BCUT2D eigenvalue weighted by Gasteiger charge is 2.24. The molecular formula is C12H15ClN2O3. The van der Waals surface area contributed by atoms with Crippen molar-refractivity contribution in [2.45, 2.75) is 6.10 Å². The van der Waals surface area contributed by atoms with Gasteiger partial charge in [-0.3, -0.25) is 4.79 Å². The highest BCUT2D eigenvalue weighted by atomic mass is 35.5. The molecule has 18 heavy (non-hydrogen) atoms. The Labute approximate surface area is 110 Å². The van der Waals surface area contributed by atoms with Crippen LogP contribution in [0.1, 0.15) is 0 Å². The Hall–Kier alpha value is -1.46. The summed E-state index contributed by atoms with van der Waals surface area (Å²) in [6.07, 6.45) is -0.631. The van der Waals surface area contributed by atoms with Crippen LogP contribution in [0.4, 0.5) is 11.4 Å². The number of alkyl halides is 1. The molecule has 1 aromatic carbocycles. The molecule has 0 fully saturated rings. The van der Waals surface area contributed by atoms with E-state index in [2.05, 4.69) is 5.32 Å². The van der Waals surface area contributed by atoms with Gasteiger partial charge >= 0.3 is 0 Å². The third kappa shape index (κ3) is 2.52. The summed E-state index contributed by atoms with van der Waals surface area (Å²) in [7, 11) is 1.70. The highest BCUT2D eigenvalue weighted by Crippen LogP contribution is 2.37. The van der Waals surface area contributed by atoms with Gasteiger partial charge in [0.15, 0.2) is 6.61 Å². The summed E-state index contributed by atoms with van der Waals surface area (Å²) in [6.45, 7) is 0.374. The van der Waals surface area contributed by atoms with Crippen LogP contribution in [0.25, 0.3) is 0 Å². The van der Waals surface area contributed by atoms with Gasteiger partial charge in [-0.1, -0.05) is 6.07 Å². The molecule has 0 bridgehead atoms. The van der Waals surface area contributed by atoms with E-state index in [1.807, 2.05) is 12.1 Å². The number of benzene rings is 1. The number of aliphatic hydroxyl groups is 1. The molecule has 1 aliphatic rings. The minimum Gasteiger partial charge on any atom is -0.481 e. The number of nitrogens with zero attached hydrogens (tertiary/aromatic N) is 1. The zero-order chi connectivity index (χ0) is 13.1. The van der Waals surface area contributed by atoms with Gasteiger partial charge in [0.25, 0.3) is 5.91 Å². The number of likely N-dealkylation sites (N-methyl/N-ethyl adjacent to an activating group) is 1. The largest absolute Gasteiger partial charge is 0.481 e. The minimum absolute atomic E-state index is 0.0528. The summed E-state index contributed by atoms with van der Waals surface area (Å²) < 4.78 is 5.36. The van der Waals surface area contributed by atoms with Crippen molar-refractivity contribution in [3.63, 3.8) is 0 Å². The van der Waals surface area contributed by atoms with Crippen molar-refractivity contribution in [2.75, 3.05) is 36.3 Å². The first-order chi connectivity index (χ1) is 8.63. The molecule has 0 aliphatic carbocycles. The molecule has 2 N–H and O–H groups in total. The third-order valence-electron chi connectivity index (χ3n) is 2.77. The van der Waals surface area contributed by atoms with Gasteiger partial charge in [0.05, 0.1) is 17.7 Å². The Balaban J connectivity index is 2.23. The van der Waals surface area contributed by atoms with Crippen molar-refractivity contribution in [1.82, 2.24) is 0 Å². The number of fused-ring (bicyclic) bond motifs is 1. The lowest BCUT2D eigenvalue weighted by Gasteiger charge is -2.28. The van der Waals surface area contributed by atoms with Crippen LogP contribution in [0.3, 0.4) is 0 Å². The van der Waals surface area contributed by atoms with Crippen LogP contribution in [-0.2, 0) is 4.79 Å². The standard InChI is InChI=1S/C12H15ClN2O3/c1-15-11(17)7-18-10-4-2-3-9(12(10)15)14-6-8(16)5-13/h2-4,8,14,16H,5-7H2,1H3. The SMILES string of the molecule is CN1C(=O)COc2cccc(NCC(O)CCl)c21. The van der Waals surface area contributed by atoms with Gasteiger partial charge in [0.2, 0.25) is 0 Å². The van der Waals surface area contributed by atoms with Crippen LogP contribution >= 0.6 is 11.6 Å². The van der Waals surface area contributed by atoms with E-state index in [0.29, 0.717) is 18.0 Å². The van der Waals surface area contributed by atoms with Gasteiger partial charge in [-0.25, -0.2) is 0 Å². The maximum Gasteiger partial charge on any atom is 0.264 e. The number of hydrogen-bond acceptors (Lipinski definition) is 4. The van der Waals surface area contributed by atoms with Gasteiger partial charge in [-0.15, -0.1) is 11.6 Å². The Morgan fingerprint density at radius 3 is 3.11 bits per heavy atom. The summed E-state index contributed by atoms with van der Waals surface area (Å²) in [4.78, 5) is 13.2. The Bertz CT molecular complexity index is 453. The van der Waals surface area contributed by atoms with E-state index in [0.717, 1.165) is 5.69 Å². The first-order valence-corrected chi connectivity index (χ1v) is 6.17. The van der Waals surface area contributed by atoms with Crippen LogP contribution < -0.4 is 15.0 Å². The van der Waals surface area contributed by atoms with E-state index in [1.54, 1.807) is 18.0 Å². The lowest BCUT2D eigenvalue weighted by molar-refractivity contribution is -0.120. The number of halogens is 1. The fourth-order valence-corrected chi connectivity index (χ4v) is 1.88. The second-order valence-electron chi connectivity index (χ2n) is 4.08. The number of ether oxygens (including phenoxy) is 1. The number of rotatable bonds is 4. The van der Waals surface area contributed by atoms with E-state index in [9.17, 15) is 9.90 Å².